The first kappa shape index (κ1) is 19.1. The number of hydrogen-bond donors (Lipinski definition) is 1. The average molecular weight is 305 g/mol. The van der Waals surface area contributed by atoms with Gasteiger partial charge in [0.1, 0.15) is 5.75 Å². The van der Waals surface area contributed by atoms with E-state index in [1.807, 2.05) is 12.1 Å². The van der Waals surface area contributed by atoms with Gasteiger partial charge in [0.15, 0.2) is 0 Å². The highest BCUT2D eigenvalue weighted by atomic mass is 16.3. The fraction of sp³-hybridized carbons (Fsp3) is 0.714. The van der Waals surface area contributed by atoms with Gasteiger partial charge in [-0.1, -0.05) is 96.8 Å². The number of aromatic hydroxyl groups is 1. The van der Waals surface area contributed by atoms with E-state index in [4.69, 9.17) is 0 Å². The number of unbranched alkanes of at least 4 members (excludes halogenated alkanes) is 6. The zero-order valence-electron chi connectivity index (χ0n) is 15.0. The standard InChI is InChI=1S/C21H36O/c1-4-6-8-9-10-11-15-19(18(3)14-7-5-2)20-16-12-13-17-21(20)22/h12-13,16-19,22H,4-11,14-15H2,1-3H3. The van der Waals surface area contributed by atoms with Gasteiger partial charge in [0, 0.05) is 0 Å². The summed E-state index contributed by atoms with van der Waals surface area (Å²) in [7, 11) is 0. The van der Waals surface area contributed by atoms with Crippen LogP contribution in [-0.2, 0) is 0 Å². The van der Waals surface area contributed by atoms with Gasteiger partial charge in [-0.15, -0.1) is 0 Å². The smallest absolute Gasteiger partial charge is 0.119 e. The van der Waals surface area contributed by atoms with Crippen molar-refractivity contribution < 1.29 is 5.11 Å². The van der Waals surface area contributed by atoms with Gasteiger partial charge in [-0.05, 0) is 29.9 Å². The van der Waals surface area contributed by atoms with Gasteiger partial charge in [0.05, 0.1) is 0 Å². The summed E-state index contributed by atoms with van der Waals surface area (Å²) in [6, 6.07) is 7.96. The van der Waals surface area contributed by atoms with Crippen LogP contribution in [0.4, 0.5) is 0 Å². The molecule has 1 nitrogen and oxygen atoms in total. The molecule has 1 aromatic rings. The lowest BCUT2D eigenvalue weighted by molar-refractivity contribution is 0.368. The Balaban J connectivity index is 2.57. The molecule has 1 rings (SSSR count). The Labute approximate surface area is 138 Å². The van der Waals surface area contributed by atoms with Gasteiger partial charge in [-0.3, -0.25) is 0 Å². The zero-order chi connectivity index (χ0) is 16.2. The van der Waals surface area contributed by atoms with Crippen LogP contribution >= 0.6 is 0 Å². The first-order chi connectivity index (χ1) is 10.7. The maximum Gasteiger partial charge on any atom is 0.119 e. The van der Waals surface area contributed by atoms with Crippen LogP contribution in [0.25, 0.3) is 0 Å². The highest BCUT2D eigenvalue weighted by Crippen LogP contribution is 2.37. The molecular formula is C21H36O. The fourth-order valence-electron chi connectivity index (χ4n) is 3.42. The summed E-state index contributed by atoms with van der Waals surface area (Å²) in [4.78, 5) is 0. The van der Waals surface area contributed by atoms with Crippen LogP contribution in [0.3, 0.4) is 0 Å². The van der Waals surface area contributed by atoms with Crippen molar-refractivity contribution >= 4 is 0 Å². The second kappa shape index (κ2) is 11.6. The van der Waals surface area contributed by atoms with Crippen LogP contribution in [0.5, 0.6) is 5.75 Å². The molecule has 1 heteroatoms. The summed E-state index contributed by atoms with van der Waals surface area (Å²) in [6.45, 7) is 6.89. The third-order valence-electron chi connectivity index (χ3n) is 4.90. The minimum absolute atomic E-state index is 0.488. The molecule has 0 saturated carbocycles. The molecule has 0 radical (unpaired) electrons. The quantitative estimate of drug-likeness (QED) is 0.410. The van der Waals surface area contributed by atoms with E-state index in [1.54, 1.807) is 0 Å². The predicted molar refractivity (Wildman–Crippen MR) is 97.5 cm³/mol. The van der Waals surface area contributed by atoms with E-state index < -0.39 is 0 Å². The number of phenolic OH excluding ortho intramolecular Hbond substituents is 1. The van der Waals surface area contributed by atoms with Crippen molar-refractivity contribution in [2.75, 3.05) is 0 Å². The molecule has 0 spiro atoms. The highest BCUT2D eigenvalue weighted by Gasteiger charge is 2.21. The maximum absolute atomic E-state index is 10.2. The fourth-order valence-corrected chi connectivity index (χ4v) is 3.42. The number of rotatable bonds is 12. The Hall–Kier alpha value is -0.980. The first-order valence-corrected chi connectivity index (χ1v) is 9.48. The Morgan fingerprint density at radius 3 is 2.14 bits per heavy atom. The average Bonchev–Trinajstić information content (AvgIpc) is 2.53. The topological polar surface area (TPSA) is 20.2 Å². The summed E-state index contributed by atoms with van der Waals surface area (Å²) in [5.74, 6) is 1.66. The summed E-state index contributed by atoms with van der Waals surface area (Å²) < 4.78 is 0. The molecule has 0 aliphatic carbocycles. The summed E-state index contributed by atoms with van der Waals surface area (Å²) in [5, 5.41) is 10.2. The van der Waals surface area contributed by atoms with Gasteiger partial charge >= 0.3 is 0 Å². The minimum Gasteiger partial charge on any atom is -0.508 e. The zero-order valence-corrected chi connectivity index (χ0v) is 15.0. The van der Waals surface area contributed by atoms with Crippen molar-refractivity contribution in [1.29, 1.82) is 0 Å². The Kier molecular flexibility index (Phi) is 10.0. The lowest BCUT2D eigenvalue weighted by Gasteiger charge is -2.25. The van der Waals surface area contributed by atoms with Crippen molar-refractivity contribution in [3.63, 3.8) is 0 Å². The van der Waals surface area contributed by atoms with Crippen LogP contribution < -0.4 is 0 Å². The predicted octanol–water partition coefficient (Wildman–Crippen LogP) is 7.05. The number of phenols is 1. The molecule has 126 valence electrons. The van der Waals surface area contributed by atoms with E-state index in [2.05, 4.69) is 32.9 Å². The molecule has 0 aliphatic rings. The lowest BCUT2D eigenvalue weighted by Crippen LogP contribution is -2.10. The van der Waals surface area contributed by atoms with Crippen molar-refractivity contribution in [2.45, 2.75) is 90.9 Å². The molecule has 0 heterocycles. The summed E-state index contributed by atoms with van der Waals surface area (Å²) >= 11 is 0. The molecule has 0 fully saturated rings. The number of hydrogen-bond acceptors (Lipinski definition) is 1. The Morgan fingerprint density at radius 2 is 1.45 bits per heavy atom. The van der Waals surface area contributed by atoms with Crippen LogP contribution in [-0.4, -0.2) is 5.11 Å². The van der Waals surface area contributed by atoms with E-state index in [0.717, 1.165) is 0 Å². The summed E-state index contributed by atoms with van der Waals surface area (Å²) in [5.41, 5.74) is 1.17. The van der Waals surface area contributed by atoms with Gasteiger partial charge < -0.3 is 5.11 Å². The van der Waals surface area contributed by atoms with Gasteiger partial charge in [0.2, 0.25) is 0 Å². The third kappa shape index (κ3) is 6.85. The van der Waals surface area contributed by atoms with E-state index in [0.29, 0.717) is 17.6 Å². The molecular weight excluding hydrogens is 268 g/mol. The van der Waals surface area contributed by atoms with Crippen LogP contribution in [0.1, 0.15) is 96.5 Å². The van der Waals surface area contributed by atoms with Crippen molar-refractivity contribution in [1.82, 2.24) is 0 Å². The van der Waals surface area contributed by atoms with Crippen molar-refractivity contribution in [2.24, 2.45) is 5.92 Å². The van der Waals surface area contributed by atoms with E-state index in [1.165, 1.54) is 69.8 Å². The number of benzene rings is 1. The second-order valence-corrected chi connectivity index (χ2v) is 6.84. The number of para-hydroxylation sites is 1. The molecule has 1 N–H and O–H groups in total. The maximum atomic E-state index is 10.2. The van der Waals surface area contributed by atoms with Crippen molar-refractivity contribution in [3.8, 4) is 5.75 Å². The third-order valence-corrected chi connectivity index (χ3v) is 4.90. The molecule has 1 aromatic carbocycles. The molecule has 2 unspecified atom stereocenters. The second-order valence-electron chi connectivity index (χ2n) is 6.84. The summed E-state index contributed by atoms with van der Waals surface area (Å²) in [6.07, 6.45) is 13.1. The molecule has 0 aromatic heterocycles. The molecule has 0 aliphatic heterocycles. The van der Waals surface area contributed by atoms with E-state index in [9.17, 15) is 5.11 Å². The first-order valence-electron chi connectivity index (χ1n) is 9.48. The van der Waals surface area contributed by atoms with Gasteiger partial charge in [-0.2, -0.15) is 0 Å². The molecule has 22 heavy (non-hydrogen) atoms. The SMILES string of the molecule is CCCCCCCCC(c1ccccc1O)C(C)CCCC. The molecule has 0 bridgehead atoms. The van der Waals surface area contributed by atoms with E-state index >= 15 is 0 Å². The Morgan fingerprint density at radius 1 is 0.818 bits per heavy atom. The molecule has 0 saturated heterocycles. The monoisotopic (exact) mass is 304 g/mol. The minimum atomic E-state index is 0.488. The lowest BCUT2D eigenvalue weighted by atomic mass is 9.80. The molecule has 0 amide bonds. The van der Waals surface area contributed by atoms with E-state index in [-0.39, 0.29) is 0 Å². The van der Waals surface area contributed by atoms with Crippen molar-refractivity contribution in [3.05, 3.63) is 29.8 Å². The van der Waals surface area contributed by atoms with Gasteiger partial charge in [0.25, 0.3) is 0 Å². The Bertz CT molecular complexity index is 385. The van der Waals surface area contributed by atoms with Crippen LogP contribution in [0.2, 0.25) is 0 Å². The van der Waals surface area contributed by atoms with Crippen LogP contribution in [0.15, 0.2) is 24.3 Å². The largest absolute Gasteiger partial charge is 0.508 e. The molecule has 2 atom stereocenters. The van der Waals surface area contributed by atoms with Crippen LogP contribution in [0, 0.1) is 5.92 Å². The van der Waals surface area contributed by atoms with Gasteiger partial charge in [-0.25, -0.2) is 0 Å². The normalized spacial score (nSPS) is 14.0. The highest BCUT2D eigenvalue weighted by molar-refractivity contribution is 5.35.